The molecule has 3 aromatic heterocycles. The van der Waals surface area contributed by atoms with Crippen molar-refractivity contribution in [3.8, 4) is 44.5 Å². The number of rotatable bonds is 4. The summed E-state index contributed by atoms with van der Waals surface area (Å²) in [6, 6.07) is 49.1. The summed E-state index contributed by atoms with van der Waals surface area (Å²) in [5.74, 6) is 0. The van der Waals surface area contributed by atoms with Gasteiger partial charge in [-0.15, -0.1) is 11.3 Å². The average molecular weight is 619 g/mol. The van der Waals surface area contributed by atoms with Crippen LogP contribution in [0.1, 0.15) is 11.4 Å². The Morgan fingerprint density at radius 3 is 1.43 bits per heavy atom. The molecule has 9 rings (SSSR count). The quantitative estimate of drug-likeness (QED) is 0.183. The number of fused-ring (bicyclic) bond motifs is 5. The number of pyridine rings is 2. The van der Waals surface area contributed by atoms with E-state index in [1.807, 2.05) is 37.6 Å². The molecule has 9 aromatic rings. The third kappa shape index (κ3) is 4.70. The topological polar surface area (TPSA) is 25.8 Å². The molecule has 0 N–H and O–H groups in total. The highest BCUT2D eigenvalue weighted by atomic mass is 32.1. The van der Waals surface area contributed by atoms with E-state index in [9.17, 15) is 0 Å². The zero-order valence-electron chi connectivity index (χ0n) is 26.2. The van der Waals surface area contributed by atoms with E-state index in [4.69, 9.17) is 0 Å². The Kier molecular flexibility index (Phi) is 6.48. The molecule has 2 nitrogen and oxygen atoms in total. The molecule has 0 atom stereocenters. The standard InChI is InChI=1S/C44H30N2S/c1-27-21-31(17-19-45-27)29-9-7-11-33(23-29)43-36-14-3-4-15-37(36)44(34-12-8-10-30(24-34)32-18-20-46-28(2)22-32)40-26-42-38(25-39(40)43)35-13-5-6-16-41(35)47-42/h3-26H,1-2H3. The van der Waals surface area contributed by atoms with Gasteiger partial charge in [-0.05, 0) is 134 Å². The van der Waals surface area contributed by atoms with Crippen LogP contribution in [0.4, 0.5) is 0 Å². The zero-order valence-corrected chi connectivity index (χ0v) is 27.0. The van der Waals surface area contributed by atoms with Crippen molar-refractivity contribution in [1.29, 1.82) is 0 Å². The predicted molar refractivity (Wildman–Crippen MR) is 201 cm³/mol. The molecule has 0 bridgehead atoms. The van der Waals surface area contributed by atoms with E-state index in [0.717, 1.165) is 11.4 Å². The monoisotopic (exact) mass is 618 g/mol. The van der Waals surface area contributed by atoms with E-state index >= 15 is 0 Å². The van der Waals surface area contributed by atoms with Crippen molar-refractivity contribution in [1.82, 2.24) is 9.97 Å². The van der Waals surface area contributed by atoms with E-state index in [0.29, 0.717) is 0 Å². The first-order valence-corrected chi connectivity index (χ1v) is 16.8. The zero-order chi connectivity index (χ0) is 31.5. The fourth-order valence-electron chi connectivity index (χ4n) is 7.18. The molecule has 0 aliphatic heterocycles. The second-order valence-electron chi connectivity index (χ2n) is 12.3. The van der Waals surface area contributed by atoms with Crippen molar-refractivity contribution in [3.05, 3.63) is 157 Å². The van der Waals surface area contributed by atoms with Crippen LogP contribution >= 0.6 is 11.3 Å². The molecule has 0 saturated heterocycles. The molecule has 3 heteroatoms. The van der Waals surface area contributed by atoms with Crippen LogP contribution in [0.25, 0.3) is 86.2 Å². The lowest BCUT2D eigenvalue weighted by Gasteiger charge is -2.19. The normalized spacial score (nSPS) is 11.6. The summed E-state index contributed by atoms with van der Waals surface area (Å²) in [5.41, 5.74) is 11.7. The molecule has 0 aliphatic rings. The molecule has 222 valence electrons. The Morgan fingerprint density at radius 1 is 0.362 bits per heavy atom. The second-order valence-corrected chi connectivity index (χ2v) is 13.4. The molecule has 0 unspecified atom stereocenters. The van der Waals surface area contributed by atoms with Crippen LogP contribution in [-0.4, -0.2) is 9.97 Å². The largest absolute Gasteiger partial charge is 0.262 e. The van der Waals surface area contributed by atoms with Gasteiger partial charge in [0.05, 0.1) is 0 Å². The highest BCUT2D eigenvalue weighted by Crippen LogP contribution is 2.47. The maximum absolute atomic E-state index is 4.44. The second kappa shape index (κ2) is 11.0. The van der Waals surface area contributed by atoms with E-state index in [2.05, 4.69) is 143 Å². The van der Waals surface area contributed by atoms with Gasteiger partial charge in [-0.1, -0.05) is 78.9 Å². The summed E-state index contributed by atoms with van der Waals surface area (Å²) in [7, 11) is 0. The molecule has 3 heterocycles. The third-order valence-electron chi connectivity index (χ3n) is 9.28. The first kappa shape index (κ1) is 27.7. The summed E-state index contributed by atoms with van der Waals surface area (Å²) in [6.45, 7) is 4.10. The molecule has 0 radical (unpaired) electrons. The lowest BCUT2D eigenvalue weighted by atomic mass is 9.84. The summed E-state index contributed by atoms with van der Waals surface area (Å²) in [5, 5.41) is 7.66. The molecular formula is C44H30N2S. The Labute approximate surface area is 277 Å². The highest BCUT2D eigenvalue weighted by Gasteiger charge is 2.19. The number of hydrogen-bond acceptors (Lipinski definition) is 3. The summed E-state index contributed by atoms with van der Waals surface area (Å²) in [6.07, 6.45) is 3.80. The number of aryl methyl sites for hydroxylation is 2. The number of thiophene rings is 1. The van der Waals surface area contributed by atoms with E-state index < -0.39 is 0 Å². The summed E-state index contributed by atoms with van der Waals surface area (Å²) < 4.78 is 2.62. The molecular weight excluding hydrogens is 589 g/mol. The van der Waals surface area contributed by atoms with E-state index in [1.165, 1.54) is 86.2 Å². The van der Waals surface area contributed by atoms with Crippen LogP contribution in [0.15, 0.2) is 146 Å². The maximum atomic E-state index is 4.44. The lowest BCUT2D eigenvalue weighted by molar-refractivity contribution is 1.20. The molecule has 0 aliphatic carbocycles. The number of nitrogens with zero attached hydrogens (tertiary/aromatic N) is 2. The van der Waals surface area contributed by atoms with Crippen molar-refractivity contribution >= 4 is 53.1 Å². The first-order valence-electron chi connectivity index (χ1n) is 16.0. The van der Waals surface area contributed by atoms with Crippen LogP contribution in [0.5, 0.6) is 0 Å². The molecule has 0 fully saturated rings. The number of aromatic nitrogens is 2. The Morgan fingerprint density at radius 2 is 0.851 bits per heavy atom. The molecule has 47 heavy (non-hydrogen) atoms. The van der Waals surface area contributed by atoms with Crippen LogP contribution in [-0.2, 0) is 0 Å². The van der Waals surface area contributed by atoms with Gasteiger partial charge < -0.3 is 0 Å². The van der Waals surface area contributed by atoms with Crippen LogP contribution < -0.4 is 0 Å². The summed E-state index contributed by atoms with van der Waals surface area (Å²) >= 11 is 1.88. The Balaban J connectivity index is 1.40. The van der Waals surface area contributed by atoms with Crippen molar-refractivity contribution in [2.75, 3.05) is 0 Å². The van der Waals surface area contributed by atoms with Gasteiger partial charge >= 0.3 is 0 Å². The van der Waals surface area contributed by atoms with Gasteiger partial charge in [0.1, 0.15) is 0 Å². The molecule has 0 spiro atoms. The minimum absolute atomic E-state index is 1.02. The van der Waals surface area contributed by atoms with E-state index in [-0.39, 0.29) is 0 Å². The van der Waals surface area contributed by atoms with Crippen molar-refractivity contribution in [3.63, 3.8) is 0 Å². The summed E-state index contributed by atoms with van der Waals surface area (Å²) in [4.78, 5) is 8.88. The van der Waals surface area contributed by atoms with Crippen molar-refractivity contribution in [2.45, 2.75) is 13.8 Å². The van der Waals surface area contributed by atoms with Crippen LogP contribution in [0.2, 0.25) is 0 Å². The van der Waals surface area contributed by atoms with Gasteiger partial charge in [-0.25, -0.2) is 0 Å². The number of hydrogen-bond donors (Lipinski definition) is 0. The molecule has 0 saturated carbocycles. The van der Waals surface area contributed by atoms with Crippen LogP contribution in [0, 0.1) is 13.8 Å². The van der Waals surface area contributed by atoms with Crippen molar-refractivity contribution in [2.24, 2.45) is 0 Å². The van der Waals surface area contributed by atoms with Gasteiger partial charge in [0.25, 0.3) is 0 Å². The molecule has 0 amide bonds. The van der Waals surface area contributed by atoms with Gasteiger partial charge in [-0.2, -0.15) is 0 Å². The SMILES string of the molecule is Cc1cc(-c2cccc(-c3c4ccccc4c(-c4cccc(-c5ccnc(C)c5)c4)c4cc5c(cc34)sc3ccccc35)c2)ccn1. The van der Waals surface area contributed by atoms with Gasteiger partial charge in [-0.3, -0.25) is 9.97 Å². The minimum Gasteiger partial charge on any atom is -0.262 e. The van der Waals surface area contributed by atoms with Gasteiger partial charge in [0, 0.05) is 44.0 Å². The Hall–Kier alpha value is -5.64. The van der Waals surface area contributed by atoms with Crippen LogP contribution in [0.3, 0.4) is 0 Å². The smallest absolute Gasteiger partial charge is 0.0378 e. The van der Waals surface area contributed by atoms with E-state index in [1.54, 1.807) is 0 Å². The fraction of sp³-hybridized carbons (Fsp3) is 0.0455. The van der Waals surface area contributed by atoms with Gasteiger partial charge in [0.15, 0.2) is 0 Å². The predicted octanol–water partition coefficient (Wildman–Crippen LogP) is 12.4. The fourth-order valence-corrected chi connectivity index (χ4v) is 8.30. The van der Waals surface area contributed by atoms with Crippen molar-refractivity contribution < 1.29 is 0 Å². The lowest BCUT2D eigenvalue weighted by Crippen LogP contribution is -1.92. The molecule has 6 aromatic carbocycles. The third-order valence-corrected chi connectivity index (χ3v) is 10.4. The van der Waals surface area contributed by atoms with Gasteiger partial charge in [0.2, 0.25) is 0 Å². The average Bonchev–Trinajstić information content (AvgIpc) is 3.47. The number of benzene rings is 6. The highest BCUT2D eigenvalue weighted by molar-refractivity contribution is 7.25. The first-order chi connectivity index (χ1) is 23.1. The minimum atomic E-state index is 1.02. The maximum Gasteiger partial charge on any atom is 0.0378 e. The Bertz CT molecular complexity index is 2660.